The second-order valence-electron chi connectivity index (χ2n) is 28.8. The lowest BCUT2D eigenvalue weighted by Gasteiger charge is -2.33. The number of thioether (sulfide) groups is 1. The van der Waals surface area contributed by atoms with Crippen LogP contribution in [-0.4, -0.2) is 257 Å². The average Bonchev–Trinajstić information content (AvgIpc) is 1.74. The van der Waals surface area contributed by atoms with Crippen LogP contribution in [0.2, 0.25) is 0 Å². The summed E-state index contributed by atoms with van der Waals surface area (Å²) in [5.74, 6) is -15.6. The van der Waals surface area contributed by atoms with Gasteiger partial charge in [-0.3, -0.25) is 77.9 Å². The van der Waals surface area contributed by atoms with E-state index in [0.29, 0.717) is 33.5 Å². The number of amides is 14. The van der Waals surface area contributed by atoms with Gasteiger partial charge in [-0.05, 0) is 71.7 Å². The van der Waals surface area contributed by atoms with Crippen molar-refractivity contribution in [2.24, 2.45) is 24.2 Å². The van der Waals surface area contributed by atoms with Crippen molar-refractivity contribution in [1.82, 2.24) is 109 Å². The molecule has 7 aromatic rings. The van der Waals surface area contributed by atoms with Crippen LogP contribution in [-0.2, 0) is 113 Å². The van der Waals surface area contributed by atoms with Crippen molar-refractivity contribution < 1.29 is 77.3 Å². The first-order valence-corrected chi connectivity index (χ1v) is 40.3. The Kier molecular flexibility index (Phi) is 36.0. The number of aromatic amines is 2. The molecule has 14 amide bonds. The number of aryl methyl sites for hydroxylation is 1. The number of imidazole rings is 3. The number of carbonyl (C=O) groups is 14. The number of aromatic hydroxyl groups is 1. The molecule has 0 bridgehead atoms. The van der Waals surface area contributed by atoms with Crippen molar-refractivity contribution in [3.8, 4) is 5.75 Å². The summed E-state index contributed by atoms with van der Waals surface area (Å²) in [5.41, 5.74) is 19.1. The number of hydrogen-bond acceptors (Lipinski definition) is 22. The lowest BCUT2D eigenvalue weighted by Crippen LogP contribution is -2.61. The molecule has 1 aliphatic rings. The molecule has 42 nitrogen and oxygen atoms in total. The highest BCUT2D eigenvalue weighted by molar-refractivity contribution is 8.00. The van der Waals surface area contributed by atoms with Crippen molar-refractivity contribution >= 4 is 117 Å². The van der Waals surface area contributed by atoms with E-state index >= 15 is 28.8 Å². The van der Waals surface area contributed by atoms with E-state index in [4.69, 9.17) is 28.0 Å². The fourth-order valence-corrected chi connectivity index (χ4v) is 14.0. The molecule has 26 N–H and O–H groups in total. The van der Waals surface area contributed by atoms with Crippen LogP contribution in [0.5, 0.6) is 5.75 Å². The zero-order valence-electron chi connectivity index (χ0n) is 67.3. The van der Waals surface area contributed by atoms with Gasteiger partial charge in [0.05, 0.1) is 44.4 Å². The number of H-pyrrole nitrogens is 2. The van der Waals surface area contributed by atoms with E-state index in [2.05, 4.69) is 99.4 Å². The highest BCUT2D eigenvalue weighted by atomic mass is 32.2. The van der Waals surface area contributed by atoms with E-state index in [1.165, 1.54) is 73.5 Å². The van der Waals surface area contributed by atoms with E-state index in [-0.39, 0.29) is 95.2 Å². The zero-order chi connectivity index (χ0) is 88.4. The van der Waals surface area contributed by atoms with Crippen LogP contribution in [0.25, 0.3) is 10.8 Å². The second kappa shape index (κ2) is 47.0. The number of nitrogens with one attached hydrogen (secondary N) is 18. The number of phenolic OH excluding ortho intramolecular Hbond substituents is 1. The van der Waals surface area contributed by atoms with Gasteiger partial charge in [0.25, 0.3) is 0 Å². The van der Waals surface area contributed by atoms with Crippen LogP contribution >= 0.6 is 11.8 Å². The molecule has 8 rings (SSSR count). The molecule has 122 heavy (non-hydrogen) atoms. The molecule has 0 saturated carbocycles. The number of phenols is 1. The second-order valence-corrected chi connectivity index (χ2v) is 29.9. The Hall–Kier alpha value is -14.0. The first-order valence-electron chi connectivity index (χ1n) is 39.1. The third-order valence-electron chi connectivity index (χ3n) is 19.6. The minimum atomic E-state index is -1.85. The first-order chi connectivity index (χ1) is 58.4. The minimum absolute atomic E-state index is 0.00184. The van der Waals surface area contributed by atoms with Crippen molar-refractivity contribution in [3.05, 3.63) is 168 Å². The molecular weight excluding hydrogens is 1600 g/mol. The highest BCUT2D eigenvalue weighted by Gasteiger charge is 2.39. The number of carbonyl (C=O) groups excluding carboxylic acids is 14. The van der Waals surface area contributed by atoms with Crippen molar-refractivity contribution in [1.29, 1.82) is 10.8 Å². The van der Waals surface area contributed by atoms with Crippen LogP contribution < -0.4 is 91.6 Å². The van der Waals surface area contributed by atoms with Crippen LogP contribution in [0.1, 0.15) is 72.8 Å². The van der Waals surface area contributed by atoms with Gasteiger partial charge in [-0.25, -0.2) is 15.0 Å². The molecular formula is C79H104N26O16S. The lowest BCUT2D eigenvalue weighted by atomic mass is 9.97. The van der Waals surface area contributed by atoms with Gasteiger partial charge in [0.2, 0.25) is 82.7 Å². The molecule has 43 heteroatoms. The maximum atomic E-state index is 15.4. The highest BCUT2D eigenvalue weighted by Crippen LogP contribution is 2.22. The number of rotatable bonds is 25. The summed E-state index contributed by atoms with van der Waals surface area (Å²) in [6.45, 7) is -1.21. The third kappa shape index (κ3) is 29.5. The Morgan fingerprint density at radius 1 is 0.516 bits per heavy atom. The van der Waals surface area contributed by atoms with Crippen LogP contribution in [0.3, 0.4) is 0 Å². The summed E-state index contributed by atoms with van der Waals surface area (Å²) in [6.07, 6.45) is 5.83. The van der Waals surface area contributed by atoms with Gasteiger partial charge < -0.3 is 121 Å². The van der Waals surface area contributed by atoms with Crippen molar-refractivity contribution in [2.75, 3.05) is 51.3 Å². The number of aliphatic hydroxyl groups excluding tert-OH is 1. The first kappa shape index (κ1) is 93.5. The Labute approximate surface area is 704 Å². The van der Waals surface area contributed by atoms with Gasteiger partial charge in [0, 0.05) is 107 Å². The smallest absolute Gasteiger partial charge is 0.245 e. The number of nitrogens with zero attached hydrogens (tertiary/aromatic N) is 5. The molecule has 1 fully saturated rings. The maximum Gasteiger partial charge on any atom is 0.245 e. The topological polar surface area (TPSA) is 652 Å². The summed E-state index contributed by atoms with van der Waals surface area (Å²) in [4.78, 5) is 223. The van der Waals surface area contributed by atoms with E-state index in [9.17, 15) is 48.6 Å². The molecule has 11 atom stereocenters. The van der Waals surface area contributed by atoms with E-state index in [1.54, 1.807) is 68.6 Å². The predicted octanol–water partition coefficient (Wildman–Crippen LogP) is -5.45. The van der Waals surface area contributed by atoms with Gasteiger partial charge >= 0.3 is 0 Å². The fraction of sp³-hybridized carbons (Fsp3) is 0.405. The van der Waals surface area contributed by atoms with Crippen LogP contribution in [0.15, 0.2) is 135 Å². The quantitative estimate of drug-likeness (QED) is 0.0144. The largest absolute Gasteiger partial charge is 0.508 e. The van der Waals surface area contributed by atoms with Crippen molar-refractivity contribution in [2.45, 2.75) is 144 Å². The maximum absolute atomic E-state index is 15.4. The number of aromatic nitrogens is 6. The number of primary amides is 1. The SMILES string of the molecule is CC[C@@H]1NC(=O)[C@H](Cc2ccccc2)NC(=O)CSC[C@@H](C(=O)NCC(N)=O)NC(=O)[C@H](Cc2cncn2C)NC(=O)[C@H](CCCNC(=N)N)NC(=O)[C@H](Cc2cnc[nH]2)NC(=O)[C@H](Cc2ccc(O)cc2)N(C)C(=O)[C@H](CCCNC(=N)N)NC(=O)[C@H](CO)NC(=O)CNC(=O)[C@H](Cc2cnc[nH]2)NC(=O)[C@H](Cc2cccc3ccccc23)NC1=O. The molecule has 1 aliphatic heterocycles. The third-order valence-corrected chi connectivity index (χ3v) is 20.7. The van der Waals surface area contributed by atoms with Crippen LogP contribution in [0.4, 0.5) is 0 Å². The number of guanidine groups is 2. The van der Waals surface area contributed by atoms with Gasteiger partial charge in [-0.1, -0.05) is 91.9 Å². The number of fused-ring (bicyclic) bond motifs is 1. The molecule has 4 aromatic carbocycles. The Bertz CT molecular complexity index is 4780. The zero-order valence-corrected chi connectivity index (χ0v) is 68.1. The van der Waals surface area contributed by atoms with Crippen molar-refractivity contribution in [3.63, 3.8) is 0 Å². The number of likely N-dealkylation sites (N-methyl/N-ethyl adjacent to an activating group) is 1. The van der Waals surface area contributed by atoms with Gasteiger partial charge in [0.1, 0.15) is 72.2 Å². The minimum Gasteiger partial charge on any atom is -0.508 e. The van der Waals surface area contributed by atoms with Gasteiger partial charge in [-0.15, -0.1) is 11.8 Å². The number of aliphatic hydroxyl groups is 1. The fourth-order valence-electron chi connectivity index (χ4n) is 13.1. The summed E-state index contributed by atoms with van der Waals surface area (Å²) in [5, 5.41) is 74.7. The van der Waals surface area contributed by atoms with Crippen LogP contribution in [0, 0.1) is 10.8 Å². The summed E-state index contributed by atoms with van der Waals surface area (Å²) in [7, 11) is 2.81. The van der Waals surface area contributed by atoms with Gasteiger partial charge in [-0.2, -0.15) is 0 Å². The molecule has 1 saturated heterocycles. The molecule has 3 aromatic heterocycles. The molecule has 0 radical (unpaired) electrons. The normalized spacial score (nSPS) is 21.7. The Morgan fingerprint density at radius 2 is 1.02 bits per heavy atom. The number of nitrogens with two attached hydrogens (primary N) is 3. The van der Waals surface area contributed by atoms with Gasteiger partial charge in [0.15, 0.2) is 11.9 Å². The molecule has 0 unspecified atom stereocenters. The molecule has 0 aliphatic carbocycles. The van der Waals surface area contributed by atoms with E-state index in [1.807, 2.05) is 18.2 Å². The van der Waals surface area contributed by atoms with E-state index in [0.717, 1.165) is 22.0 Å². The summed E-state index contributed by atoms with van der Waals surface area (Å²) < 4.78 is 1.53. The predicted molar refractivity (Wildman–Crippen MR) is 445 cm³/mol. The number of benzene rings is 4. The van der Waals surface area contributed by atoms with E-state index < -0.39 is 192 Å². The number of hydrogen-bond donors (Lipinski definition) is 23. The standard InChI is InChI=1S/C79H104N26O16S/c1-4-53-69(113)99-57(29-47-17-10-16-46-15-8-9-18-52(46)47)72(116)100-58(30-48-33-85-41-92-48)67(111)91-37-65(109)95-61(38-106)75(119)98-55(20-12-26-89-79(83)84)77(121)105(3)63(28-45-21-23-51(107)24-22-45)76(120)102-59(31-49-34-86-42-93-49)73(117)97-54(19-11-25-88-78(81)82)70(114)101-60(32-50-35-87-43-104(50)2)74(118)103-62(68(112)90-36-64(80)108)39-122-40-66(110)94-56(71(115)96-53)27-44-13-6-5-7-14-44/h5-10,13-18,21-24,33-35,41-43,53-63,106-107H,4,11-12,19-20,25-32,36-40H2,1-3H3,(H2,80,108)(H,85,92)(H,86,93)(H,90,112)(H,91,111)(H,94,110)(H,95,109)(H,96,115)(H,97,117)(H,98,119)(H,99,113)(H,100,116)(H,101,114)(H,102,120)(H,103,118)(H4,81,82,88)(H4,83,84,89)/t53-,54-,55-,56-,57-,58-,59-,60-,61-,62-,63-/m0/s1. The Balaban J connectivity index is 1.19. The molecule has 0 spiro atoms. The molecule has 4 heterocycles. The summed E-state index contributed by atoms with van der Waals surface area (Å²) in [6, 6.07) is 9.04. The average molecular weight is 1710 g/mol. The molecule has 652 valence electrons. The lowest BCUT2D eigenvalue weighted by molar-refractivity contribution is -0.143. The Morgan fingerprint density at radius 3 is 1.61 bits per heavy atom. The monoisotopic (exact) mass is 1700 g/mol. The summed E-state index contributed by atoms with van der Waals surface area (Å²) >= 11 is 0.797.